The van der Waals surface area contributed by atoms with Crippen LogP contribution in [0.5, 0.6) is 0 Å². The van der Waals surface area contributed by atoms with Crippen LogP contribution in [0.3, 0.4) is 0 Å². The van der Waals surface area contributed by atoms with Gasteiger partial charge in [0.05, 0.1) is 23.6 Å². The third-order valence-corrected chi connectivity index (χ3v) is 6.70. The molecule has 1 N–H and O–H groups in total. The Morgan fingerprint density at radius 3 is 1.92 bits per heavy atom. The Kier molecular flexibility index (Phi) is 8.70. The lowest BCUT2D eigenvalue weighted by atomic mass is 9.96. The van der Waals surface area contributed by atoms with Crippen LogP contribution in [0.4, 0.5) is 39.5 Å². The van der Waals surface area contributed by atoms with Crippen molar-refractivity contribution in [2.24, 2.45) is 11.8 Å². The number of benzene rings is 1. The van der Waals surface area contributed by atoms with Gasteiger partial charge in [-0.15, -0.1) is 0 Å². The van der Waals surface area contributed by atoms with Crippen LogP contribution in [0.1, 0.15) is 47.2 Å². The van der Waals surface area contributed by atoms with E-state index in [9.17, 15) is 49.1 Å². The summed E-state index contributed by atoms with van der Waals surface area (Å²) in [6.45, 7) is 0.564. The quantitative estimate of drug-likeness (QED) is 0.530. The molecule has 5 nitrogen and oxygen atoms in total. The van der Waals surface area contributed by atoms with Gasteiger partial charge in [0.25, 0.3) is 5.91 Å². The van der Waals surface area contributed by atoms with E-state index in [1.54, 1.807) is 0 Å². The number of halogens is 9. The van der Waals surface area contributed by atoms with E-state index in [0.717, 1.165) is 0 Å². The third kappa shape index (κ3) is 7.99. The summed E-state index contributed by atoms with van der Waals surface area (Å²) < 4.78 is 117. The summed E-state index contributed by atoms with van der Waals surface area (Å²) in [4.78, 5) is 27.9. The highest BCUT2D eigenvalue weighted by molar-refractivity contribution is 5.94. The monoisotopic (exact) mass is 547 g/mol. The van der Waals surface area contributed by atoms with Crippen LogP contribution in [0.15, 0.2) is 18.2 Å². The maximum absolute atomic E-state index is 13.0. The zero-order valence-corrected chi connectivity index (χ0v) is 19.6. The molecular formula is C23H26F9N3O2. The summed E-state index contributed by atoms with van der Waals surface area (Å²) in [5.74, 6) is -3.04. The minimum atomic E-state index is -5.07. The molecule has 0 bridgehead atoms. The van der Waals surface area contributed by atoms with Crippen LogP contribution >= 0.6 is 0 Å². The molecule has 2 fully saturated rings. The Hall–Kier alpha value is -2.51. The lowest BCUT2D eigenvalue weighted by Crippen LogP contribution is -2.49. The van der Waals surface area contributed by atoms with Gasteiger partial charge in [-0.25, -0.2) is 0 Å². The van der Waals surface area contributed by atoms with Crippen molar-refractivity contribution < 1.29 is 49.1 Å². The van der Waals surface area contributed by atoms with Crippen molar-refractivity contribution >= 4 is 11.8 Å². The SMILES string of the molecule is O=C(NCC1CCN(C(=O)CN2CCCC(C(F)(F)F)C2)CC1)c1cc(C(F)(F)F)cc(C(F)(F)F)c1. The maximum atomic E-state index is 13.0. The molecule has 2 heterocycles. The van der Waals surface area contributed by atoms with Gasteiger partial charge >= 0.3 is 18.5 Å². The van der Waals surface area contributed by atoms with Gasteiger partial charge in [0.2, 0.25) is 5.91 Å². The molecule has 0 radical (unpaired) electrons. The fraction of sp³-hybridized carbons (Fsp3) is 0.652. The van der Waals surface area contributed by atoms with E-state index >= 15 is 0 Å². The van der Waals surface area contributed by atoms with E-state index in [0.29, 0.717) is 37.9 Å². The minimum absolute atomic E-state index is 0.0160. The number of likely N-dealkylation sites (tertiary alicyclic amines) is 2. The zero-order valence-electron chi connectivity index (χ0n) is 19.6. The number of nitrogens with one attached hydrogen (secondary N) is 1. The number of amides is 2. The average molecular weight is 547 g/mol. The summed E-state index contributed by atoms with van der Waals surface area (Å²) in [5.41, 5.74) is -3.95. The molecule has 2 aliphatic heterocycles. The number of piperidine rings is 2. The van der Waals surface area contributed by atoms with Crippen molar-refractivity contribution in [1.82, 2.24) is 15.1 Å². The van der Waals surface area contributed by atoms with Crippen molar-refractivity contribution in [1.29, 1.82) is 0 Å². The number of rotatable bonds is 5. The van der Waals surface area contributed by atoms with Gasteiger partial charge in [0.1, 0.15) is 0 Å². The highest BCUT2D eigenvalue weighted by atomic mass is 19.4. The first-order chi connectivity index (χ1) is 17.0. The maximum Gasteiger partial charge on any atom is 0.416 e. The Balaban J connectivity index is 1.50. The normalized spacial score (nSPS) is 20.7. The van der Waals surface area contributed by atoms with Crippen LogP contribution in [0.25, 0.3) is 0 Å². The van der Waals surface area contributed by atoms with Crippen molar-refractivity contribution in [3.8, 4) is 0 Å². The van der Waals surface area contributed by atoms with Crippen molar-refractivity contribution in [2.75, 3.05) is 39.3 Å². The fourth-order valence-electron chi connectivity index (χ4n) is 4.57. The van der Waals surface area contributed by atoms with Crippen LogP contribution in [0.2, 0.25) is 0 Å². The fourth-order valence-corrected chi connectivity index (χ4v) is 4.57. The second-order valence-corrected chi connectivity index (χ2v) is 9.44. The standard InChI is InChI=1S/C23H26F9N3O2/c24-21(25,26)16-2-1-5-34(12-16)13-19(36)35-6-3-14(4-7-35)11-33-20(37)15-8-17(22(27,28)29)10-18(9-15)23(30,31)32/h8-10,14,16H,1-7,11-13H2,(H,33,37). The lowest BCUT2D eigenvalue weighted by Gasteiger charge is -2.36. The van der Waals surface area contributed by atoms with E-state index in [2.05, 4.69) is 5.32 Å². The first-order valence-corrected chi connectivity index (χ1v) is 11.7. The molecular weight excluding hydrogens is 521 g/mol. The van der Waals surface area contributed by atoms with Gasteiger partial charge in [0.15, 0.2) is 0 Å². The molecule has 37 heavy (non-hydrogen) atoms. The Bertz CT molecular complexity index is 935. The van der Waals surface area contributed by atoms with Crippen LogP contribution in [-0.4, -0.2) is 67.1 Å². The second-order valence-electron chi connectivity index (χ2n) is 9.44. The lowest BCUT2D eigenvalue weighted by molar-refractivity contribution is -0.187. The van der Waals surface area contributed by atoms with Crippen molar-refractivity contribution in [3.63, 3.8) is 0 Å². The number of carbonyl (C=O) groups excluding carboxylic acids is 2. The van der Waals surface area contributed by atoms with Gasteiger partial charge in [0, 0.05) is 31.7 Å². The number of hydrogen-bond acceptors (Lipinski definition) is 3. The summed E-state index contributed by atoms with van der Waals surface area (Å²) in [6.07, 6.45) is -13.3. The molecule has 0 spiro atoms. The first-order valence-electron chi connectivity index (χ1n) is 11.7. The first kappa shape index (κ1) is 29.1. The molecule has 1 aromatic rings. The zero-order chi connectivity index (χ0) is 27.6. The van der Waals surface area contributed by atoms with E-state index in [1.807, 2.05) is 0 Å². The van der Waals surface area contributed by atoms with Gasteiger partial charge in [-0.1, -0.05) is 0 Å². The van der Waals surface area contributed by atoms with Crippen LogP contribution in [0, 0.1) is 11.8 Å². The van der Waals surface area contributed by atoms with Crippen LogP contribution < -0.4 is 5.32 Å². The summed E-state index contributed by atoms with van der Waals surface area (Å²) in [5, 5.41) is 2.36. The second kappa shape index (κ2) is 11.1. The topological polar surface area (TPSA) is 52.7 Å². The smallest absolute Gasteiger partial charge is 0.352 e. The molecule has 208 valence electrons. The minimum Gasteiger partial charge on any atom is -0.352 e. The Morgan fingerprint density at radius 1 is 0.838 bits per heavy atom. The van der Waals surface area contributed by atoms with E-state index in [1.165, 1.54) is 9.80 Å². The molecule has 2 saturated heterocycles. The summed E-state index contributed by atoms with van der Waals surface area (Å²) >= 11 is 0. The average Bonchev–Trinajstić information content (AvgIpc) is 2.81. The molecule has 0 saturated carbocycles. The van der Waals surface area contributed by atoms with E-state index < -0.39 is 47.0 Å². The Morgan fingerprint density at radius 2 is 1.41 bits per heavy atom. The number of nitrogens with zero attached hydrogens (tertiary/aromatic N) is 2. The highest BCUT2D eigenvalue weighted by Gasteiger charge is 2.42. The molecule has 1 unspecified atom stereocenters. The van der Waals surface area contributed by atoms with Gasteiger partial charge in [-0.05, 0) is 56.3 Å². The molecule has 2 amide bonds. The largest absolute Gasteiger partial charge is 0.416 e. The highest BCUT2D eigenvalue weighted by Crippen LogP contribution is 2.36. The van der Waals surface area contributed by atoms with Gasteiger partial charge in [-0.3, -0.25) is 14.5 Å². The van der Waals surface area contributed by atoms with Crippen molar-refractivity contribution in [3.05, 3.63) is 34.9 Å². The van der Waals surface area contributed by atoms with Gasteiger partial charge < -0.3 is 10.2 Å². The molecule has 14 heteroatoms. The van der Waals surface area contributed by atoms with E-state index in [-0.39, 0.29) is 57.0 Å². The molecule has 2 aliphatic rings. The molecule has 1 aromatic carbocycles. The van der Waals surface area contributed by atoms with Crippen molar-refractivity contribution in [2.45, 2.75) is 44.2 Å². The van der Waals surface area contributed by atoms with Crippen LogP contribution in [-0.2, 0) is 17.1 Å². The Labute approximate surface area is 207 Å². The molecule has 1 atom stereocenters. The third-order valence-electron chi connectivity index (χ3n) is 6.70. The predicted molar refractivity (Wildman–Crippen MR) is 113 cm³/mol. The summed E-state index contributed by atoms with van der Waals surface area (Å²) in [7, 11) is 0. The van der Waals surface area contributed by atoms with Gasteiger partial charge in [-0.2, -0.15) is 39.5 Å². The predicted octanol–water partition coefficient (Wildman–Crippen LogP) is 4.97. The number of alkyl halides is 9. The van der Waals surface area contributed by atoms with E-state index in [4.69, 9.17) is 0 Å². The number of hydrogen-bond donors (Lipinski definition) is 1. The molecule has 0 aromatic heterocycles. The molecule has 0 aliphatic carbocycles. The number of carbonyl (C=O) groups is 2. The summed E-state index contributed by atoms with van der Waals surface area (Å²) in [6, 6.07) is 0.655. The molecule has 3 rings (SSSR count).